The Balaban J connectivity index is 0.812. The molecule has 1 spiro atoms. The van der Waals surface area contributed by atoms with Gasteiger partial charge in [0.2, 0.25) is 4.90 Å². The molecule has 3 aliphatic heterocycles. The number of likely N-dealkylation sites (tertiary alicyclic amines) is 2. The van der Waals surface area contributed by atoms with Crippen molar-refractivity contribution in [2.24, 2.45) is 11.3 Å². The number of carbonyl (C=O) groups is 1. The molecule has 11 rings (SSSR count). The summed E-state index contributed by atoms with van der Waals surface area (Å²) in [6.45, 7) is 16.4. The van der Waals surface area contributed by atoms with Crippen LogP contribution in [0, 0.1) is 16.5 Å². The van der Waals surface area contributed by atoms with Crippen LogP contribution in [0.15, 0.2) is 103 Å². The van der Waals surface area contributed by atoms with Crippen molar-refractivity contribution in [2.75, 3.05) is 57.2 Å². The second-order valence-electron chi connectivity index (χ2n) is 23.3. The Kier molecular flexibility index (Phi) is 15.3. The molecule has 6 aliphatic rings. The first-order chi connectivity index (χ1) is 37.9. The first kappa shape index (κ1) is 54.8. The summed E-state index contributed by atoms with van der Waals surface area (Å²) in [6, 6.07) is 27.1. The summed E-state index contributed by atoms with van der Waals surface area (Å²) >= 11 is -2.54. The fourth-order valence-corrected chi connectivity index (χ4v) is 14.0. The van der Waals surface area contributed by atoms with E-state index in [0.717, 1.165) is 76.1 Å². The molecule has 5 atom stereocenters. The number of hydrogen-bond donors (Lipinski definition) is 4. The number of anilines is 2. The number of ether oxygens (including phenoxy) is 3. The Morgan fingerprint density at radius 1 is 1.04 bits per heavy atom. The van der Waals surface area contributed by atoms with Gasteiger partial charge in [0.25, 0.3) is 5.88 Å². The van der Waals surface area contributed by atoms with Crippen LogP contribution >= 0.6 is 0 Å². The molecule has 5 aromatic rings. The average Bonchev–Trinajstić information content (AvgIpc) is 2.74. The van der Waals surface area contributed by atoms with Crippen molar-refractivity contribution in [1.29, 1.82) is 0 Å². The molecule has 18 heteroatoms. The van der Waals surface area contributed by atoms with Gasteiger partial charge in [-0.2, -0.15) is 0 Å². The van der Waals surface area contributed by atoms with Crippen molar-refractivity contribution in [3.63, 3.8) is 0 Å². The minimum atomic E-state index is -2.54. The fraction of sp³-hybridized carbons (Fsp3) is 0.459. The predicted octanol–water partition coefficient (Wildman–Crippen LogP) is 9.75. The molecule has 1 amide bonds. The third kappa shape index (κ3) is 10.7. The molecule has 3 saturated heterocycles. The van der Waals surface area contributed by atoms with Gasteiger partial charge in [-0.3, -0.25) is 14.6 Å². The SMILES string of the molecule is C=C1C=C(F)c2cc(Oc3cc(N4CCC5(CC4)CC(N4C6CN(Cc7ccc(OC)cc7)C6C4c4ccccc4C(C)C)C5)ccc3C(=O)N(O)[S+]([O-])c3cnc(NC[C@H]4CC[C@](C)(O)CC4)c([NH+](C)[O-])c3)c(OCC)nc21. The second kappa shape index (κ2) is 22.1. The number of quaternary nitrogens is 1. The predicted molar refractivity (Wildman–Crippen MR) is 303 cm³/mol. The number of nitrogens with zero attached hydrogens (tertiary/aromatic N) is 6. The molecule has 3 aliphatic carbocycles. The topological polar surface area (TPSA) is 187 Å². The second-order valence-corrected chi connectivity index (χ2v) is 24.6. The maximum atomic E-state index is 15.3. The first-order valence-corrected chi connectivity index (χ1v) is 29.0. The highest BCUT2D eigenvalue weighted by molar-refractivity contribution is 7.89. The number of methoxy groups -OCH3 is 1. The summed E-state index contributed by atoms with van der Waals surface area (Å²) in [4.78, 5) is 31.2. The zero-order chi connectivity index (χ0) is 55.5. The largest absolute Gasteiger partial charge is 0.629 e. The van der Waals surface area contributed by atoms with Gasteiger partial charge in [-0.25, -0.2) is 19.6 Å². The highest BCUT2D eigenvalue weighted by Gasteiger charge is 2.64. The number of nitrogens with one attached hydrogen (secondary N) is 2. The number of carbonyl (C=O) groups excluding carboxylic acids is 1. The van der Waals surface area contributed by atoms with Gasteiger partial charge < -0.3 is 44.4 Å². The van der Waals surface area contributed by atoms with E-state index < -0.39 is 28.7 Å². The van der Waals surface area contributed by atoms with Gasteiger partial charge in [0.1, 0.15) is 28.7 Å². The summed E-state index contributed by atoms with van der Waals surface area (Å²) in [7, 11) is 3.07. The van der Waals surface area contributed by atoms with Crippen LogP contribution in [0.2, 0.25) is 0 Å². The van der Waals surface area contributed by atoms with Crippen LogP contribution in [0.1, 0.15) is 129 Å². The molecule has 79 heavy (non-hydrogen) atoms. The van der Waals surface area contributed by atoms with Crippen LogP contribution in [0.5, 0.6) is 23.1 Å². The molecular formula is C61H73FN8O8S. The van der Waals surface area contributed by atoms with Gasteiger partial charge in [0.05, 0.1) is 55.9 Å². The van der Waals surface area contributed by atoms with Gasteiger partial charge in [-0.05, 0) is 146 Å². The lowest BCUT2D eigenvalue weighted by Crippen LogP contribution is -2.98. The van der Waals surface area contributed by atoms with Gasteiger partial charge in [0.15, 0.2) is 17.3 Å². The van der Waals surface area contributed by atoms with Crippen LogP contribution in [-0.2, 0) is 17.9 Å². The third-order valence-corrected chi connectivity index (χ3v) is 18.8. The van der Waals surface area contributed by atoms with E-state index in [1.807, 2.05) is 19.1 Å². The lowest BCUT2D eigenvalue weighted by atomic mass is 9.57. The van der Waals surface area contributed by atoms with Crippen LogP contribution in [-0.4, -0.2) is 116 Å². The van der Waals surface area contributed by atoms with E-state index in [-0.39, 0.29) is 66.6 Å². The Bertz CT molecular complexity index is 3110. The Morgan fingerprint density at radius 2 is 1.77 bits per heavy atom. The molecule has 2 saturated carbocycles. The van der Waals surface area contributed by atoms with E-state index in [0.29, 0.717) is 66.6 Å². The smallest absolute Gasteiger partial charge is 0.329 e. The Labute approximate surface area is 465 Å². The molecule has 0 bridgehead atoms. The number of fused-ring (bicyclic) bond motifs is 2. The van der Waals surface area contributed by atoms with Crippen molar-refractivity contribution >= 4 is 45.9 Å². The minimum absolute atomic E-state index is 0.000580. The quantitative estimate of drug-likeness (QED) is 0.0369. The molecule has 0 radical (unpaired) electrons. The van der Waals surface area contributed by atoms with E-state index in [4.69, 9.17) is 14.2 Å². The summed E-state index contributed by atoms with van der Waals surface area (Å²) < 4.78 is 47.4. The summed E-state index contributed by atoms with van der Waals surface area (Å²) in [5, 5.41) is 37.8. The van der Waals surface area contributed by atoms with Gasteiger partial charge in [-0.1, -0.05) is 56.8 Å². The zero-order valence-corrected chi connectivity index (χ0v) is 46.9. The lowest BCUT2D eigenvalue weighted by molar-refractivity contribution is -0.751. The number of piperazine rings is 1. The summed E-state index contributed by atoms with van der Waals surface area (Å²) in [6.07, 6.45) is 9.74. The molecule has 5 fully saturated rings. The fourth-order valence-electron chi connectivity index (χ4n) is 13.2. The van der Waals surface area contributed by atoms with Crippen LogP contribution < -0.4 is 29.5 Å². The summed E-state index contributed by atoms with van der Waals surface area (Å²) in [5.74, 6) is 0.328. The highest BCUT2D eigenvalue weighted by Crippen LogP contribution is 2.60. The average molecular weight is 1100 g/mol. The lowest BCUT2D eigenvalue weighted by Gasteiger charge is -2.72. The monoisotopic (exact) mass is 1100 g/mol. The number of halogens is 1. The van der Waals surface area contributed by atoms with E-state index in [9.17, 15) is 24.9 Å². The Morgan fingerprint density at radius 3 is 2.47 bits per heavy atom. The molecule has 4 N–H and O–H groups in total. The maximum Gasteiger partial charge on any atom is 0.329 e. The standard InChI is InChI=1S/C61H73FN8O8S/c1-8-77-58-53(30-48-49(62)27-38(4)54(48)65-58)78-52-28-41(15-18-47(52)59(71)70(74)79(75)44-29-50(66(6)73)57(64-34-44)63-33-39-19-21-60(5,72)22-20-39)67-25-23-61(24-26-67)31-42(32-61)69-51-36-68(35-40-13-16-43(76-7)17-14-40)56(51)55(69)46-12-10-9-11-45(46)37(2)3/h9-18,27-30,34,37,39,42,51,55-56,66,72,74H,4,8,19-26,31-33,35-36H2,1-3,5-7H3,(H,63,64)/t39-,51?,55?,56?,60-,79?. The molecule has 16 nitrogen and oxygen atoms in total. The minimum Gasteiger partial charge on any atom is -0.629 e. The number of aromatic nitrogens is 2. The molecule has 2 aromatic heterocycles. The van der Waals surface area contributed by atoms with E-state index in [2.05, 4.69) is 86.8 Å². The van der Waals surface area contributed by atoms with Crippen molar-refractivity contribution in [2.45, 2.75) is 126 Å². The molecule has 418 valence electrons. The number of piperidine rings is 1. The van der Waals surface area contributed by atoms with E-state index in [1.54, 1.807) is 26.2 Å². The Hall–Kier alpha value is -6.09. The molecule has 5 unspecified atom stereocenters. The number of benzene rings is 3. The van der Waals surface area contributed by atoms with Crippen molar-refractivity contribution in [3.05, 3.63) is 136 Å². The van der Waals surface area contributed by atoms with Crippen molar-refractivity contribution in [1.82, 2.24) is 24.2 Å². The maximum absolute atomic E-state index is 15.3. The zero-order valence-electron chi connectivity index (χ0n) is 46.0. The van der Waals surface area contributed by atoms with Gasteiger partial charge in [-0.15, -0.1) is 0 Å². The first-order valence-electron chi connectivity index (χ1n) is 27.9. The van der Waals surface area contributed by atoms with E-state index in [1.165, 1.54) is 54.2 Å². The number of allylic oxidation sites excluding steroid dienone is 2. The number of hydroxylamine groups is 2. The number of rotatable bonds is 18. The van der Waals surface area contributed by atoms with Gasteiger partial charge in [0, 0.05) is 68.2 Å². The molecule has 5 heterocycles. The van der Waals surface area contributed by atoms with E-state index >= 15 is 4.39 Å². The number of pyridine rings is 2. The number of amides is 1. The van der Waals surface area contributed by atoms with Crippen molar-refractivity contribution < 1.29 is 43.3 Å². The van der Waals surface area contributed by atoms with Gasteiger partial charge >= 0.3 is 5.91 Å². The van der Waals surface area contributed by atoms with Crippen LogP contribution in [0.3, 0.4) is 0 Å². The van der Waals surface area contributed by atoms with Crippen molar-refractivity contribution in [3.8, 4) is 23.1 Å². The summed E-state index contributed by atoms with van der Waals surface area (Å²) in [5.41, 5.74) is 5.30. The van der Waals surface area contributed by atoms with Crippen LogP contribution in [0.4, 0.5) is 21.6 Å². The molecular weight excluding hydrogens is 1020 g/mol. The third-order valence-electron chi connectivity index (χ3n) is 17.7. The number of hydrogen-bond acceptors (Lipinski definition) is 14. The number of aliphatic hydroxyl groups is 1. The normalized spacial score (nSPS) is 24.4. The molecule has 3 aromatic carbocycles. The highest BCUT2D eigenvalue weighted by atomic mass is 32.2. The van der Waals surface area contributed by atoms with Crippen LogP contribution in [0.25, 0.3) is 11.4 Å².